The van der Waals surface area contributed by atoms with Crippen LogP contribution in [0.2, 0.25) is 0 Å². The van der Waals surface area contributed by atoms with Crippen LogP contribution in [-0.2, 0) is 4.79 Å². The summed E-state index contributed by atoms with van der Waals surface area (Å²) in [5.41, 5.74) is 2.92. The van der Waals surface area contributed by atoms with Crippen LogP contribution in [0.25, 0.3) is 16.7 Å². The van der Waals surface area contributed by atoms with Crippen LogP contribution in [0.4, 0.5) is 10.1 Å². The number of nitrogens with zero attached hydrogens (tertiary/aromatic N) is 2. The van der Waals surface area contributed by atoms with E-state index in [-0.39, 0.29) is 35.2 Å². The molecule has 2 saturated carbocycles. The molecule has 0 spiro atoms. The minimum atomic E-state index is -0.592. The smallest absolute Gasteiger partial charge is 0.221 e. The number of carbonyl (C=O) groups is 1. The predicted octanol–water partition coefficient (Wildman–Crippen LogP) is 3.79. The van der Waals surface area contributed by atoms with Gasteiger partial charge >= 0.3 is 0 Å². The van der Waals surface area contributed by atoms with Crippen LogP contribution in [-0.4, -0.2) is 60.1 Å². The number of ether oxygens (including phenoxy) is 1. The Morgan fingerprint density at radius 1 is 1.23 bits per heavy atom. The van der Waals surface area contributed by atoms with Gasteiger partial charge in [-0.25, -0.2) is 4.39 Å². The molecule has 35 heavy (non-hydrogen) atoms. The number of hydrogen-bond donors (Lipinski definition) is 3. The van der Waals surface area contributed by atoms with Crippen LogP contribution in [0, 0.1) is 11.7 Å². The molecule has 2 heterocycles. The molecule has 4 aliphatic rings. The Morgan fingerprint density at radius 3 is 2.74 bits per heavy atom. The van der Waals surface area contributed by atoms with Gasteiger partial charge in [0.2, 0.25) is 5.91 Å². The number of nitrogens with one attached hydrogen (secondary N) is 2. The normalized spacial score (nSPS) is 23.2. The van der Waals surface area contributed by atoms with Crippen LogP contribution in [0.3, 0.4) is 0 Å². The average Bonchev–Trinajstić information content (AvgIpc) is 3.77. The molecule has 2 atom stereocenters. The number of fused-ring (bicyclic) bond motifs is 1. The standard InChI is InChI=1S/C27H29FN4O3/c1-15(33)30-26-22(28)11-16(12-24(26)35-17-5-6-17)18-3-2-4-19(27(18)34)20-14-25(31-23-13-21(20)23)32-9-7-29-8-10-32/h2-4,11-12,14,17,21,23,29,34H,5-10,13H2,1H3,(H,30,33). The molecule has 0 radical (unpaired) electrons. The number of anilines is 1. The fourth-order valence-electron chi connectivity index (χ4n) is 4.96. The summed E-state index contributed by atoms with van der Waals surface area (Å²) in [6, 6.07) is 8.90. The van der Waals surface area contributed by atoms with E-state index in [1.165, 1.54) is 13.0 Å². The Morgan fingerprint density at radius 2 is 2.00 bits per heavy atom. The Labute approximate surface area is 203 Å². The summed E-state index contributed by atoms with van der Waals surface area (Å²) >= 11 is 0. The van der Waals surface area contributed by atoms with Gasteiger partial charge in [-0.1, -0.05) is 18.2 Å². The quantitative estimate of drug-likeness (QED) is 0.612. The number of para-hydroxylation sites is 1. The first kappa shape index (κ1) is 22.1. The minimum Gasteiger partial charge on any atom is -0.507 e. The fourth-order valence-corrected chi connectivity index (χ4v) is 4.96. The zero-order chi connectivity index (χ0) is 24.1. The highest BCUT2D eigenvalue weighted by Gasteiger charge is 2.44. The number of phenolic OH excluding ortho intramolecular Hbond substituents is 1. The predicted molar refractivity (Wildman–Crippen MR) is 133 cm³/mol. The maximum atomic E-state index is 15.1. The number of aromatic hydroxyl groups is 1. The highest BCUT2D eigenvalue weighted by molar-refractivity contribution is 6.03. The molecular weight excluding hydrogens is 447 g/mol. The SMILES string of the molecule is CC(=O)Nc1c(F)cc(-c2cccc(C3=CC(N4CCNCC4)=NC4CC34)c2O)cc1OC1CC1. The minimum absolute atomic E-state index is 0.0268. The summed E-state index contributed by atoms with van der Waals surface area (Å²) in [6.07, 6.45) is 4.92. The van der Waals surface area contributed by atoms with Gasteiger partial charge in [-0.15, -0.1) is 0 Å². The second kappa shape index (κ2) is 8.68. The molecule has 2 aromatic carbocycles. The van der Waals surface area contributed by atoms with Crippen LogP contribution in [0.1, 0.15) is 31.7 Å². The monoisotopic (exact) mass is 476 g/mol. The largest absolute Gasteiger partial charge is 0.507 e. The number of aliphatic imine (C=N–C) groups is 1. The summed E-state index contributed by atoms with van der Waals surface area (Å²) in [4.78, 5) is 18.8. The molecule has 3 N–H and O–H groups in total. The highest BCUT2D eigenvalue weighted by atomic mass is 19.1. The first-order chi connectivity index (χ1) is 17.0. The first-order valence-corrected chi connectivity index (χ1v) is 12.3. The van der Waals surface area contributed by atoms with Crippen molar-refractivity contribution >= 4 is 23.0 Å². The van der Waals surface area contributed by atoms with E-state index < -0.39 is 5.82 Å². The molecule has 182 valence electrons. The maximum absolute atomic E-state index is 15.1. The van der Waals surface area contributed by atoms with Gasteiger partial charge in [-0.05, 0) is 48.6 Å². The molecule has 0 bridgehead atoms. The number of benzene rings is 2. The molecular formula is C27H29FN4O3. The van der Waals surface area contributed by atoms with Crippen LogP contribution < -0.4 is 15.4 Å². The van der Waals surface area contributed by atoms with Crippen molar-refractivity contribution in [1.82, 2.24) is 10.2 Å². The van der Waals surface area contributed by atoms with E-state index in [0.717, 1.165) is 62.4 Å². The van der Waals surface area contributed by atoms with Crippen molar-refractivity contribution in [1.29, 1.82) is 0 Å². The van der Waals surface area contributed by atoms with Gasteiger partial charge in [0.05, 0.1) is 12.1 Å². The molecule has 2 aromatic rings. The van der Waals surface area contributed by atoms with Crippen molar-refractivity contribution in [2.75, 3.05) is 31.5 Å². The molecule has 0 aromatic heterocycles. The number of dihydropyridines is 1. The summed E-state index contributed by atoms with van der Waals surface area (Å²) in [5.74, 6) is 0.730. The molecule has 7 nitrogen and oxygen atoms in total. The van der Waals surface area contributed by atoms with E-state index >= 15 is 4.39 Å². The van der Waals surface area contributed by atoms with Crippen molar-refractivity contribution in [3.63, 3.8) is 0 Å². The lowest BCUT2D eigenvalue weighted by Gasteiger charge is -2.31. The number of halogens is 1. The van der Waals surface area contributed by atoms with Crippen molar-refractivity contribution in [3.05, 3.63) is 47.8 Å². The lowest BCUT2D eigenvalue weighted by atomic mass is 9.93. The molecule has 1 amide bonds. The summed E-state index contributed by atoms with van der Waals surface area (Å²) in [6.45, 7) is 5.03. The van der Waals surface area contributed by atoms with Gasteiger partial charge in [0.1, 0.15) is 23.0 Å². The van der Waals surface area contributed by atoms with E-state index in [1.807, 2.05) is 12.1 Å². The average molecular weight is 477 g/mol. The Kier molecular flexibility index (Phi) is 5.48. The second-order valence-corrected chi connectivity index (χ2v) is 9.76. The highest BCUT2D eigenvalue weighted by Crippen LogP contribution is 2.51. The zero-order valence-electron chi connectivity index (χ0n) is 19.7. The van der Waals surface area contributed by atoms with Gasteiger partial charge < -0.3 is 25.4 Å². The summed E-state index contributed by atoms with van der Waals surface area (Å²) < 4.78 is 21.0. The lowest BCUT2D eigenvalue weighted by molar-refractivity contribution is -0.114. The van der Waals surface area contributed by atoms with Crippen LogP contribution in [0.15, 0.2) is 41.4 Å². The maximum Gasteiger partial charge on any atom is 0.221 e. The molecule has 8 heteroatoms. The van der Waals surface area contributed by atoms with Gasteiger partial charge in [-0.2, -0.15) is 0 Å². The van der Waals surface area contributed by atoms with E-state index in [2.05, 4.69) is 21.6 Å². The van der Waals surface area contributed by atoms with Crippen molar-refractivity contribution in [3.8, 4) is 22.6 Å². The van der Waals surface area contributed by atoms with Gasteiger partial charge in [0.25, 0.3) is 0 Å². The molecule has 2 aliphatic heterocycles. The zero-order valence-corrected chi connectivity index (χ0v) is 19.7. The third kappa shape index (κ3) is 4.38. The Balaban J connectivity index is 1.37. The van der Waals surface area contributed by atoms with E-state index in [9.17, 15) is 9.90 Å². The third-order valence-corrected chi connectivity index (χ3v) is 7.01. The lowest BCUT2D eigenvalue weighted by Crippen LogP contribution is -2.46. The van der Waals surface area contributed by atoms with Gasteiger partial charge in [0.15, 0.2) is 5.82 Å². The number of hydrogen-bond acceptors (Lipinski definition) is 6. The van der Waals surface area contributed by atoms with E-state index in [0.29, 0.717) is 17.0 Å². The Hall–Kier alpha value is -3.39. The Bertz CT molecular complexity index is 1250. The number of amidine groups is 1. The third-order valence-electron chi connectivity index (χ3n) is 7.01. The summed E-state index contributed by atoms with van der Waals surface area (Å²) in [7, 11) is 0. The van der Waals surface area contributed by atoms with Gasteiger partial charge in [-0.3, -0.25) is 9.79 Å². The van der Waals surface area contributed by atoms with Crippen LogP contribution >= 0.6 is 0 Å². The second-order valence-electron chi connectivity index (χ2n) is 9.76. The van der Waals surface area contributed by atoms with Crippen molar-refractivity contribution in [2.24, 2.45) is 10.9 Å². The van der Waals surface area contributed by atoms with Gasteiger partial charge in [0, 0.05) is 50.1 Å². The molecule has 6 rings (SSSR count). The van der Waals surface area contributed by atoms with E-state index in [1.54, 1.807) is 12.1 Å². The summed E-state index contributed by atoms with van der Waals surface area (Å²) in [5, 5.41) is 17.3. The number of phenols is 1. The molecule has 3 fully saturated rings. The molecule has 1 saturated heterocycles. The molecule has 2 unspecified atom stereocenters. The molecule has 2 aliphatic carbocycles. The first-order valence-electron chi connectivity index (χ1n) is 12.3. The number of rotatable bonds is 5. The van der Waals surface area contributed by atoms with Crippen molar-refractivity contribution < 1.29 is 19.0 Å². The van der Waals surface area contributed by atoms with Crippen LogP contribution in [0.5, 0.6) is 11.5 Å². The van der Waals surface area contributed by atoms with E-state index in [4.69, 9.17) is 9.73 Å². The number of carbonyl (C=O) groups excluding carboxylic acids is 1. The number of piperazine rings is 1. The van der Waals surface area contributed by atoms with Crippen molar-refractivity contribution in [2.45, 2.75) is 38.3 Å². The number of amides is 1. The fraction of sp³-hybridized carbons (Fsp3) is 0.407. The topological polar surface area (TPSA) is 86.2 Å².